The second-order valence-corrected chi connectivity index (χ2v) is 9.52. The first-order valence-corrected chi connectivity index (χ1v) is 11.5. The summed E-state index contributed by atoms with van der Waals surface area (Å²) in [6, 6.07) is 24.2. The van der Waals surface area contributed by atoms with Crippen LogP contribution >= 0.6 is 0 Å². The molecule has 0 radical (unpaired) electrons. The van der Waals surface area contributed by atoms with Crippen molar-refractivity contribution in [3.05, 3.63) is 95.6 Å². The summed E-state index contributed by atoms with van der Waals surface area (Å²) in [7, 11) is -2.06. The molecule has 0 unspecified atom stereocenters. The van der Waals surface area contributed by atoms with Crippen molar-refractivity contribution in [3.8, 4) is 11.5 Å². The lowest BCUT2D eigenvalue weighted by molar-refractivity contribution is 0.554. The fourth-order valence-electron chi connectivity index (χ4n) is 3.37. The van der Waals surface area contributed by atoms with E-state index in [1.165, 1.54) is 0 Å². The summed E-state index contributed by atoms with van der Waals surface area (Å²) in [5, 5.41) is -0.0775. The second kappa shape index (κ2) is 8.40. The van der Waals surface area contributed by atoms with Gasteiger partial charge in [-0.2, -0.15) is 4.98 Å². The van der Waals surface area contributed by atoms with Gasteiger partial charge < -0.3 is 9.32 Å². The molecule has 0 aliphatic rings. The third-order valence-electron chi connectivity index (χ3n) is 5.04. The maximum Gasteiger partial charge on any atom is 0.236 e. The minimum Gasteiger partial charge on any atom is -0.419 e. The maximum atomic E-state index is 13.5. The molecule has 0 saturated heterocycles. The van der Waals surface area contributed by atoms with Gasteiger partial charge in [-0.05, 0) is 43.7 Å². The summed E-state index contributed by atoms with van der Waals surface area (Å²) in [6.45, 7) is 4.37. The van der Waals surface area contributed by atoms with Crippen molar-refractivity contribution < 1.29 is 12.8 Å². The molecule has 0 aliphatic carbocycles. The van der Waals surface area contributed by atoms with Crippen LogP contribution in [0.3, 0.4) is 0 Å². The first-order chi connectivity index (χ1) is 14.8. The number of aromatic nitrogens is 1. The van der Waals surface area contributed by atoms with E-state index >= 15 is 0 Å². The molecule has 0 amide bonds. The van der Waals surface area contributed by atoms with E-state index < -0.39 is 9.84 Å². The van der Waals surface area contributed by atoms with Gasteiger partial charge in [-0.25, -0.2) is 8.42 Å². The molecule has 1 heterocycles. The number of aryl methyl sites for hydroxylation is 2. The fraction of sp³-hybridized carbons (Fsp3) is 0.160. The molecule has 0 atom stereocenters. The number of oxazole rings is 1. The zero-order valence-electron chi connectivity index (χ0n) is 17.7. The molecule has 0 saturated carbocycles. The Kier molecular flexibility index (Phi) is 5.65. The lowest BCUT2D eigenvalue weighted by Crippen LogP contribution is -2.18. The second-order valence-electron chi connectivity index (χ2n) is 7.66. The lowest BCUT2D eigenvalue weighted by atomic mass is 10.1. The third-order valence-corrected chi connectivity index (χ3v) is 6.71. The lowest BCUT2D eigenvalue weighted by Gasteiger charge is -2.17. The number of sulfone groups is 1. The van der Waals surface area contributed by atoms with Gasteiger partial charge in [0.1, 0.15) is 0 Å². The Balaban J connectivity index is 1.83. The van der Waals surface area contributed by atoms with E-state index in [1.807, 2.05) is 75.5 Å². The monoisotopic (exact) mass is 432 g/mol. The highest BCUT2D eigenvalue weighted by Crippen LogP contribution is 2.35. The first kappa shape index (κ1) is 20.9. The van der Waals surface area contributed by atoms with Gasteiger partial charge in [0.05, 0.1) is 4.90 Å². The average Bonchev–Trinajstić information content (AvgIpc) is 3.22. The van der Waals surface area contributed by atoms with Crippen LogP contribution in [-0.4, -0.2) is 20.4 Å². The summed E-state index contributed by atoms with van der Waals surface area (Å²) in [4.78, 5) is 6.43. The van der Waals surface area contributed by atoms with Crippen molar-refractivity contribution >= 4 is 15.7 Å². The third kappa shape index (κ3) is 4.39. The van der Waals surface area contributed by atoms with E-state index in [-0.39, 0.29) is 21.7 Å². The zero-order chi connectivity index (χ0) is 22.0. The van der Waals surface area contributed by atoms with Crippen molar-refractivity contribution in [2.45, 2.75) is 30.3 Å². The van der Waals surface area contributed by atoms with Gasteiger partial charge in [0.15, 0.2) is 0 Å². The van der Waals surface area contributed by atoms with Gasteiger partial charge in [0.25, 0.3) is 0 Å². The molecule has 5 nitrogen and oxygen atoms in total. The fourth-order valence-corrected chi connectivity index (χ4v) is 4.72. The highest BCUT2D eigenvalue weighted by atomic mass is 32.2. The number of nitrogens with zero attached hydrogens (tertiary/aromatic N) is 2. The highest BCUT2D eigenvalue weighted by Gasteiger charge is 2.30. The molecule has 0 aliphatic heterocycles. The molecule has 6 heteroatoms. The molecule has 31 heavy (non-hydrogen) atoms. The van der Waals surface area contributed by atoms with Crippen LogP contribution < -0.4 is 4.90 Å². The van der Waals surface area contributed by atoms with Crippen LogP contribution in [0.5, 0.6) is 0 Å². The van der Waals surface area contributed by atoms with Crippen molar-refractivity contribution in [2.24, 2.45) is 0 Å². The van der Waals surface area contributed by atoms with Crippen molar-refractivity contribution in [1.29, 1.82) is 0 Å². The number of hydrogen-bond acceptors (Lipinski definition) is 5. The van der Waals surface area contributed by atoms with Crippen LogP contribution in [0.25, 0.3) is 11.5 Å². The van der Waals surface area contributed by atoms with E-state index in [9.17, 15) is 8.42 Å². The average molecular weight is 433 g/mol. The number of anilines is 1. The van der Waals surface area contributed by atoms with Gasteiger partial charge in [-0.3, -0.25) is 0 Å². The van der Waals surface area contributed by atoms with Gasteiger partial charge in [0.2, 0.25) is 26.6 Å². The van der Waals surface area contributed by atoms with Gasteiger partial charge in [0, 0.05) is 19.2 Å². The molecule has 4 rings (SSSR count). The predicted molar refractivity (Wildman–Crippen MR) is 122 cm³/mol. The molecule has 158 valence electrons. The van der Waals surface area contributed by atoms with Crippen LogP contribution in [0.1, 0.15) is 16.7 Å². The Morgan fingerprint density at radius 2 is 1.58 bits per heavy atom. The summed E-state index contributed by atoms with van der Waals surface area (Å²) < 4.78 is 33.0. The van der Waals surface area contributed by atoms with Gasteiger partial charge >= 0.3 is 0 Å². The molecule has 0 spiro atoms. The first-order valence-electron chi connectivity index (χ1n) is 9.99. The summed E-state index contributed by atoms with van der Waals surface area (Å²) in [5.41, 5.74) is 3.80. The number of rotatable bonds is 6. The molecule has 1 aromatic heterocycles. The van der Waals surface area contributed by atoms with Crippen molar-refractivity contribution in [1.82, 2.24) is 4.98 Å². The molecule has 0 bridgehead atoms. The standard InChI is InChI=1S/C25H24N2O3S/c1-18-12-14-22(15-13-18)31(28,29)24-25(27(3)17-20-9-5-4-6-10-20)30-23(26-24)21-11-7-8-19(2)16-21/h4-16H,17H2,1-3H3. The quantitative estimate of drug-likeness (QED) is 0.407. The Morgan fingerprint density at radius 3 is 2.26 bits per heavy atom. The Morgan fingerprint density at radius 1 is 0.871 bits per heavy atom. The van der Waals surface area contributed by atoms with Crippen LogP contribution in [0.4, 0.5) is 5.88 Å². The molecular weight excluding hydrogens is 408 g/mol. The van der Waals surface area contributed by atoms with E-state index in [0.29, 0.717) is 6.54 Å². The Hall–Kier alpha value is -3.38. The summed E-state index contributed by atoms with van der Waals surface area (Å²) in [6.07, 6.45) is 0. The molecule has 3 aromatic carbocycles. The van der Waals surface area contributed by atoms with E-state index in [2.05, 4.69) is 4.98 Å². The highest BCUT2D eigenvalue weighted by molar-refractivity contribution is 7.91. The number of benzene rings is 3. The van der Waals surface area contributed by atoms with Crippen LogP contribution in [0.15, 0.2) is 93.2 Å². The van der Waals surface area contributed by atoms with Gasteiger partial charge in [-0.1, -0.05) is 65.7 Å². The van der Waals surface area contributed by atoms with Crippen molar-refractivity contribution in [3.63, 3.8) is 0 Å². The largest absolute Gasteiger partial charge is 0.419 e. The zero-order valence-corrected chi connectivity index (χ0v) is 18.6. The van der Waals surface area contributed by atoms with Crippen molar-refractivity contribution in [2.75, 3.05) is 11.9 Å². The molecule has 4 aromatic rings. The summed E-state index contributed by atoms with van der Waals surface area (Å²) >= 11 is 0. The smallest absolute Gasteiger partial charge is 0.236 e. The molecule has 0 N–H and O–H groups in total. The van der Waals surface area contributed by atoms with E-state index in [4.69, 9.17) is 4.42 Å². The number of hydrogen-bond donors (Lipinski definition) is 0. The summed E-state index contributed by atoms with van der Waals surface area (Å²) in [5.74, 6) is 0.505. The molecule has 0 fully saturated rings. The predicted octanol–water partition coefficient (Wildman–Crippen LogP) is 5.43. The minimum atomic E-state index is -3.87. The maximum absolute atomic E-state index is 13.5. The Bertz CT molecular complexity index is 1290. The van der Waals surface area contributed by atoms with E-state index in [0.717, 1.165) is 22.3 Å². The molecular formula is C25H24N2O3S. The van der Waals surface area contributed by atoms with Crippen LogP contribution in [0, 0.1) is 13.8 Å². The topological polar surface area (TPSA) is 63.4 Å². The van der Waals surface area contributed by atoms with Crippen LogP contribution in [0.2, 0.25) is 0 Å². The SMILES string of the molecule is Cc1ccc(S(=O)(=O)c2nc(-c3cccc(C)c3)oc2N(C)Cc2ccccc2)cc1. The van der Waals surface area contributed by atoms with Crippen LogP contribution in [-0.2, 0) is 16.4 Å². The van der Waals surface area contributed by atoms with Gasteiger partial charge in [-0.15, -0.1) is 0 Å². The minimum absolute atomic E-state index is 0.0775. The normalized spacial score (nSPS) is 11.5. The Labute approximate surface area is 182 Å². The van der Waals surface area contributed by atoms with E-state index in [1.54, 1.807) is 29.2 Å².